The van der Waals surface area contributed by atoms with Crippen LogP contribution in [0, 0.1) is 23.7 Å². The lowest BCUT2D eigenvalue weighted by molar-refractivity contribution is -0.161. The summed E-state index contributed by atoms with van der Waals surface area (Å²) in [6.07, 6.45) is 62.5. The van der Waals surface area contributed by atoms with Crippen LogP contribution in [0.15, 0.2) is 0 Å². The number of aliphatic hydroxyl groups is 1. The van der Waals surface area contributed by atoms with Gasteiger partial charge < -0.3 is 33.8 Å². The number of rotatable bonds is 82. The maximum absolute atomic E-state index is 13.1. The van der Waals surface area contributed by atoms with Crippen LogP contribution in [-0.2, 0) is 65.4 Å². The van der Waals surface area contributed by atoms with E-state index in [0.717, 1.165) is 120 Å². The van der Waals surface area contributed by atoms with Gasteiger partial charge in [0, 0.05) is 25.7 Å². The van der Waals surface area contributed by atoms with Gasteiger partial charge in [-0.25, -0.2) is 9.13 Å². The van der Waals surface area contributed by atoms with Crippen LogP contribution in [0.2, 0.25) is 0 Å². The quantitative estimate of drug-likeness (QED) is 0.0222. The standard InChI is InChI=1S/C85H166O17P2/c1-9-77(7)63-55-47-39-33-27-20-17-18-21-28-34-40-49-57-65-82(87)95-71-80(101-84(89)68-60-52-42-36-30-24-23-26-32-38-46-54-62-76(5)6)73-99-103(91,92)97-69-79(86)70-98-104(93,94)100-74-81(72-96-83(88)66-58-50-44-43-48-56-64-78(8)10-2)102-85(90)67-59-51-41-35-29-22-16-14-12-11-13-15-19-25-31-37-45-53-61-75(3)4/h75-81,86H,9-74H2,1-8H3,(H,91,92)(H,93,94)/t77?,78?,79-,80-,81-/m1/s1. The van der Waals surface area contributed by atoms with E-state index >= 15 is 0 Å². The first kappa shape index (κ1) is 102. The third-order valence-electron chi connectivity index (χ3n) is 20.5. The number of phosphoric ester groups is 2. The highest BCUT2D eigenvalue weighted by molar-refractivity contribution is 7.47. The predicted octanol–water partition coefficient (Wildman–Crippen LogP) is 25.6. The highest BCUT2D eigenvalue weighted by Gasteiger charge is 2.30. The van der Waals surface area contributed by atoms with Gasteiger partial charge in [0.05, 0.1) is 26.4 Å². The van der Waals surface area contributed by atoms with E-state index in [4.69, 9.17) is 37.0 Å². The van der Waals surface area contributed by atoms with Gasteiger partial charge in [-0.1, -0.05) is 389 Å². The van der Waals surface area contributed by atoms with E-state index in [9.17, 15) is 43.2 Å². The Labute approximate surface area is 638 Å². The van der Waals surface area contributed by atoms with Gasteiger partial charge in [-0.2, -0.15) is 0 Å². The number of phosphoric acid groups is 2. The molecule has 0 aliphatic rings. The summed E-state index contributed by atoms with van der Waals surface area (Å²) >= 11 is 0. The van der Waals surface area contributed by atoms with Crippen molar-refractivity contribution in [1.82, 2.24) is 0 Å². The zero-order valence-electron chi connectivity index (χ0n) is 68.7. The summed E-state index contributed by atoms with van der Waals surface area (Å²) < 4.78 is 68.8. The van der Waals surface area contributed by atoms with Crippen molar-refractivity contribution in [3.05, 3.63) is 0 Å². The van der Waals surface area contributed by atoms with Gasteiger partial charge in [0.25, 0.3) is 0 Å². The number of hydrogen-bond donors (Lipinski definition) is 3. The molecule has 0 spiro atoms. The maximum atomic E-state index is 13.1. The Hall–Kier alpha value is -1.94. The van der Waals surface area contributed by atoms with Crippen molar-refractivity contribution in [3.63, 3.8) is 0 Å². The molecule has 0 aromatic heterocycles. The van der Waals surface area contributed by atoms with Gasteiger partial charge in [-0.05, 0) is 49.4 Å². The maximum Gasteiger partial charge on any atom is 0.472 e. The Bertz CT molecular complexity index is 2030. The molecule has 0 aliphatic carbocycles. The second kappa shape index (κ2) is 73.8. The van der Waals surface area contributed by atoms with Crippen LogP contribution in [0.1, 0.15) is 441 Å². The van der Waals surface area contributed by atoms with Crippen LogP contribution in [0.3, 0.4) is 0 Å². The zero-order valence-corrected chi connectivity index (χ0v) is 70.5. The number of carbonyl (C=O) groups is 4. The summed E-state index contributed by atoms with van der Waals surface area (Å²) in [5, 5.41) is 10.7. The zero-order chi connectivity index (χ0) is 76.7. The molecule has 3 N–H and O–H groups in total. The minimum Gasteiger partial charge on any atom is -0.462 e. The van der Waals surface area contributed by atoms with Crippen LogP contribution >= 0.6 is 15.6 Å². The lowest BCUT2D eigenvalue weighted by atomic mass is 9.99. The van der Waals surface area contributed by atoms with Crippen LogP contribution < -0.4 is 0 Å². The number of esters is 4. The molecule has 0 fully saturated rings. The Morgan fingerprint density at radius 3 is 0.683 bits per heavy atom. The number of hydrogen-bond acceptors (Lipinski definition) is 15. The summed E-state index contributed by atoms with van der Waals surface area (Å²) in [7, 11) is -9.93. The normalized spacial score (nSPS) is 14.5. The van der Waals surface area contributed by atoms with Gasteiger partial charge in [0.15, 0.2) is 12.2 Å². The van der Waals surface area contributed by atoms with E-state index in [1.807, 2.05) is 0 Å². The van der Waals surface area contributed by atoms with Crippen LogP contribution in [0.25, 0.3) is 0 Å². The molecule has 19 heteroatoms. The number of carbonyl (C=O) groups excluding carboxylic acids is 4. The Balaban J connectivity index is 5.21. The molecule has 4 unspecified atom stereocenters. The fourth-order valence-electron chi connectivity index (χ4n) is 13.1. The minimum atomic E-state index is -4.96. The molecule has 0 saturated heterocycles. The minimum absolute atomic E-state index is 0.107. The summed E-state index contributed by atoms with van der Waals surface area (Å²) in [4.78, 5) is 73.2. The summed E-state index contributed by atoms with van der Waals surface area (Å²) in [5.41, 5.74) is 0. The van der Waals surface area contributed by atoms with Crippen molar-refractivity contribution in [2.75, 3.05) is 39.6 Å². The lowest BCUT2D eigenvalue weighted by Crippen LogP contribution is -2.30. The van der Waals surface area contributed by atoms with E-state index < -0.39 is 97.5 Å². The van der Waals surface area contributed by atoms with E-state index in [2.05, 4.69) is 55.4 Å². The molecular weight excluding hydrogens is 1350 g/mol. The Kier molecular flexibility index (Phi) is 72.5. The summed E-state index contributed by atoms with van der Waals surface area (Å²) in [6.45, 7) is 14.3. The van der Waals surface area contributed by atoms with Crippen molar-refractivity contribution in [1.29, 1.82) is 0 Å². The molecule has 7 atom stereocenters. The van der Waals surface area contributed by atoms with Crippen molar-refractivity contribution < 1.29 is 80.2 Å². The van der Waals surface area contributed by atoms with Crippen LogP contribution in [-0.4, -0.2) is 96.7 Å². The van der Waals surface area contributed by atoms with Gasteiger partial charge in [0.1, 0.15) is 19.3 Å². The molecule has 0 rings (SSSR count). The third kappa shape index (κ3) is 75.5. The van der Waals surface area contributed by atoms with Crippen molar-refractivity contribution in [3.8, 4) is 0 Å². The van der Waals surface area contributed by atoms with Gasteiger partial charge >= 0.3 is 39.5 Å². The molecule has 0 saturated carbocycles. The average molecular weight is 1520 g/mol. The Morgan fingerprint density at radius 2 is 0.462 bits per heavy atom. The molecule has 0 radical (unpaired) electrons. The molecular formula is C85H166O17P2. The third-order valence-corrected chi connectivity index (χ3v) is 22.4. The Morgan fingerprint density at radius 1 is 0.269 bits per heavy atom. The van der Waals surface area contributed by atoms with E-state index in [0.29, 0.717) is 25.7 Å². The van der Waals surface area contributed by atoms with Crippen molar-refractivity contribution >= 4 is 39.5 Å². The second-order valence-corrected chi connectivity index (χ2v) is 34.9. The number of aliphatic hydroxyl groups excluding tert-OH is 1. The van der Waals surface area contributed by atoms with Gasteiger partial charge in [0.2, 0.25) is 0 Å². The molecule has 618 valence electrons. The lowest BCUT2D eigenvalue weighted by Gasteiger charge is -2.21. The molecule has 104 heavy (non-hydrogen) atoms. The number of ether oxygens (including phenoxy) is 4. The van der Waals surface area contributed by atoms with E-state index in [1.165, 1.54) is 238 Å². The molecule has 0 bridgehead atoms. The molecule has 0 amide bonds. The highest BCUT2D eigenvalue weighted by Crippen LogP contribution is 2.45. The highest BCUT2D eigenvalue weighted by atomic mass is 31.2. The van der Waals surface area contributed by atoms with E-state index in [-0.39, 0.29) is 25.7 Å². The van der Waals surface area contributed by atoms with Crippen LogP contribution in [0.5, 0.6) is 0 Å². The first-order valence-electron chi connectivity index (χ1n) is 43.8. The molecule has 17 nitrogen and oxygen atoms in total. The van der Waals surface area contributed by atoms with Gasteiger partial charge in [-0.15, -0.1) is 0 Å². The van der Waals surface area contributed by atoms with Crippen molar-refractivity contribution in [2.24, 2.45) is 23.7 Å². The average Bonchev–Trinajstić information content (AvgIpc) is 0.943. The topological polar surface area (TPSA) is 237 Å². The van der Waals surface area contributed by atoms with E-state index in [1.54, 1.807) is 0 Å². The number of unbranched alkanes of at least 4 members (excludes halogenated alkanes) is 46. The SMILES string of the molecule is CCC(C)CCCCCCCCCCCCCCCCC(=O)OC[C@H](COP(=O)(O)OC[C@@H](O)COP(=O)(O)OC[C@@H](COC(=O)CCCCCCCCC(C)CC)OC(=O)CCCCCCCCCCCCCCCCCCCCC(C)C)OC(=O)CCCCCCCCCCCCCCC(C)C. The van der Waals surface area contributed by atoms with Gasteiger partial charge in [-0.3, -0.25) is 37.3 Å². The first-order chi connectivity index (χ1) is 50.2. The second-order valence-electron chi connectivity index (χ2n) is 32.0. The fourth-order valence-corrected chi connectivity index (χ4v) is 14.7. The first-order valence-corrected chi connectivity index (χ1v) is 46.8. The van der Waals surface area contributed by atoms with Crippen LogP contribution in [0.4, 0.5) is 0 Å². The summed E-state index contributed by atoms with van der Waals surface area (Å²) in [5.74, 6) is 1.07. The predicted molar refractivity (Wildman–Crippen MR) is 428 cm³/mol. The monoisotopic (exact) mass is 1520 g/mol. The molecule has 0 heterocycles. The summed E-state index contributed by atoms with van der Waals surface area (Å²) in [6, 6.07) is 0. The molecule has 0 aromatic rings. The largest absolute Gasteiger partial charge is 0.472 e. The fraction of sp³-hybridized carbons (Fsp3) is 0.953. The smallest absolute Gasteiger partial charge is 0.462 e. The molecule has 0 aromatic carbocycles. The van der Waals surface area contributed by atoms with Crippen molar-refractivity contribution in [2.45, 2.75) is 459 Å². The molecule has 0 aliphatic heterocycles.